The molecular weight excluding hydrogens is 232 g/mol. The predicted molar refractivity (Wildman–Crippen MR) is 68.4 cm³/mol. The first kappa shape index (κ1) is 12.6. The molecule has 0 atom stereocenters. The van der Waals surface area contributed by atoms with Gasteiger partial charge >= 0.3 is 0 Å². The number of aromatic amines is 1. The Morgan fingerprint density at radius 3 is 2.83 bits per heavy atom. The number of methoxy groups -OCH3 is 2. The highest BCUT2D eigenvalue weighted by Crippen LogP contribution is 2.13. The molecule has 1 heterocycles. The highest BCUT2D eigenvalue weighted by molar-refractivity contribution is 5.97. The number of ether oxygens (including phenoxy) is 2. The van der Waals surface area contributed by atoms with E-state index in [-0.39, 0.29) is 5.91 Å². The standard InChI is InChI=1S/C13H16N2O3/c1-17-12(18-2)8-15-13(16)10-4-3-9-5-6-14-11(9)7-10/h3-7,12,14H,8H2,1-2H3,(H,15,16). The molecule has 2 N–H and O–H groups in total. The number of carbonyl (C=O) groups excluding carboxylic acids is 1. The van der Waals surface area contributed by atoms with Crippen LogP contribution in [0.5, 0.6) is 0 Å². The SMILES string of the molecule is COC(CNC(=O)c1ccc2cc[nH]c2c1)OC. The molecule has 0 fully saturated rings. The van der Waals surface area contributed by atoms with E-state index in [0.29, 0.717) is 12.1 Å². The van der Waals surface area contributed by atoms with Crippen LogP contribution in [0.1, 0.15) is 10.4 Å². The van der Waals surface area contributed by atoms with Crippen LogP contribution in [0.3, 0.4) is 0 Å². The van der Waals surface area contributed by atoms with Gasteiger partial charge in [-0.1, -0.05) is 6.07 Å². The summed E-state index contributed by atoms with van der Waals surface area (Å²) >= 11 is 0. The van der Waals surface area contributed by atoms with E-state index < -0.39 is 6.29 Å². The van der Waals surface area contributed by atoms with Crippen LogP contribution in [-0.4, -0.2) is 37.9 Å². The molecule has 0 saturated carbocycles. The van der Waals surface area contributed by atoms with E-state index >= 15 is 0 Å². The van der Waals surface area contributed by atoms with Crippen LogP contribution in [0.4, 0.5) is 0 Å². The number of carbonyl (C=O) groups is 1. The number of H-pyrrole nitrogens is 1. The summed E-state index contributed by atoms with van der Waals surface area (Å²) < 4.78 is 10.0. The molecule has 0 aliphatic carbocycles. The van der Waals surface area contributed by atoms with Crippen LogP contribution in [0, 0.1) is 0 Å². The molecule has 0 radical (unpaired) electrons. The van der Waals surface area contributed by atoms with E-state index in [2.05, 4.69) is 10.3 Å². The highest BCUT2D eigenvalue weighted by Gasteiger charge is 2.10. The van der Waals surface area contributed by atoms with Gasteiger partial charge in [-0.25, -0.2) is 0 Å². The van der Waals surface area contributed by atoms with Gasteiger partial charge in [0.15, 0.2) is 6.29 Å². The largest absolute Gasteiger partial charge is 0.361 e. The van der Waals surface area contributed by atoms with Crippen LogP contribution < -0.4 is 5.32 Å². The zero-order valence-corrected chi connectivity index (χ0v) is 10.4. The fourth-order valence-corrected chi connectivity index (χ4v) is 1.73. The zero-order chi connectivity index (χ0) is 13.0. The smallest absolute Gasteiger partial charge is 0.251 e. The minimum Gasteiger partial charge on any atom is -0.361 e. The summed E-state index contributed by atoms with van der Waals surface area (Å²) in [5, 5.41) is 3.84. The number of fused-ring (bicyclic) bond motifs is 1. The molecule has 0 bridgehead atoms. The Morgan fingerprint density at radius 1 is 1.33 bits per heavy atom. The van der Waals surface area contributed by atoms with Crippen molar-refractivity contribution >= 4 is 16.8 Å². The molecule has 2 aromatic rings. The van der Waals surface area contributed by atoms with E-state index in [0.717, 1.165) is 10.9 Å². The number of aromatic nitrogens is 1. The summed E-state index contributed by atoms with van der Waals surface area (Å²) in [5.41, 5.74) is 1.55. The second-order valence-corrected chi connectivity index (χ2v) is 3.89. The maximum absolute atomic E-state index is 11.9. The van der Waals surface area contributed by atoms with Gasteiger partial charge in [-0.2, -0.15) is 0 Å². The van der Waals surface area contributed by atoms with Gasteiger partial charge in [-0.05, 0) is 23.6 Å². The zero-order valence-electron chi connectivity index (χ0n) is 10.4. The topological polar surface area (TPSA) is 63.3 Å². The fraction of sp³-hybridized carbons (Fsp3) is 0.308. The van der Waals surface area contributed by atoms with Crippen LogP contribution in [-0.2, 0) is 9.47 Å². The summed E-state index contributed by atoms with van der Waals surface area (Å²) in [6.45, 7) is 0.314. The molecule has 0 aliphatic heterocycles. The van der Waals surface area contributed by atoms with Crippen molar-refractivity contribution in [3.05, 3.63) is 36.0 Å². The molecule has 0 unspecified atom stereocenters. The Hall–Kier alpha value is -1.85. The van der Waals surface area contributed by atoms with Gasteiger partial charge < -0.3 is 19.8 Å². The number of hydrogen-bond acceptors (Lipinski definition) is 3. The second-order valence-electron chi connectivity index (χ2n) is 3.89. The minimum absolute atomic E-state index is 0.148. The van der Waals surface area contributed by atoms with Crippen molar-refractivity contribution in [3.8, 4) is 0 Å². The molecule has 96 valence electrons. The van der Waals surface area contributed by atoms with Gasteiger partial charge in [-0.15, -0.1) is 0 Å². The fourth-order valence-electron chi connectivity index (χ4n) is 1.73. The van der Waals surface area contributed by atoms with Gasteiger partial charge in [0.1, 0.15) is 0 Å². The van der Waals surface area contributed by atoms with Crippen LogP contribution >= 0.6 is 0 Å². The van der Waals surface area contributed by atoms with E-state index in [1.165, 1.54) is 14.2 Å². The first-order valence-corrected chi connectivity index (χ1v) is 5.65. The lowest BCUT2D eigenvalue weighted by molar-refractivity contribution is -0.0974. The molecule has 0 spiro atoms. The average Bonchev–Trinajstić information content (AvgIpc) is 2.86. The van der Waals surface area contributed by atoms with Crippen molar-refractivity contribution in [2.24, 2.45) is 0 Å². The van der Waals surface area contributed by atoms with Crippen LogP contribution in [0.25, 0.3) is 10.9 Å². The summed E-state index contributed by atoms with van der Waals surface area (Å²) in [6.07, 6.45) is 1.42. The number of nitrogens with one attached hydrogen (secondary N) is 2. The first-order chi connectivity index (χ1) is 8.74. The third kappa shape index (κ3) is 2.69. The molecule has 1 aromatic heterocycles. The van der Waals surface area contributed by atoms with Gasteiger partial charge in [0.05, 0.1) is 6.54 Å². The van der Waals surface area contributed by atoms with E-state index in [9.17, 15) is 4.79 Å². The maximum Gasteiger partial charge on any atom is 0.251 e. The lowest BCUT2D eigenvalue weighted by atomic mass is 10.1. The molecule has 1 aromatic carbocycles. The van der Waals surface area contributed by atoms with Crippen molar-refractivity contribution in [1.82, 2.24) is 10.3 Å². The lowest BCUT2D eigenvalue weighted by Crippen LogP contribution is -2.34. The Labute approximate surface area is 105 Å². The Balaban J connectivity index is 2.04. The molecule has 1 amide bonds. The van der Waals surface area contributed by atoms with Crippen LogP contribution in [0.15, 0.2) is 30.5 Å². The van der Waals surface area contributed by atoms with Crippen molar-refractivity contribution in [2.45, 2.75) is 6.29 Å². The lowest BCUT2D eigenvalue weighted by Gasteiger charge is -2.13. The van der Waals surface area contributed by atoms with Crippen molar-refractivity contribution < 1.29 is 14.3 Å². The molecule has 18 heavy (non-hydrogen) atoms. The third-order valence-corrected chi connectivity index (χ3v) is 2.77. The summed E-state index contributed by atoms with van der Waals surface area (Å²) in [4.78, 5) is 15.0. The molecule has 5 nitrogen and oxygen atoms in total. The quantitative estimate of drug-likeness (QED) is 0.788. The second kappa shape index (κ2) is 5.66. The van der Waals surface area contributed by atoms with Gasteiger partial charge in [0.2, 0.25) is 0 Å². The number of benzene rings is 1. The third-order valence-electron chi connectivity index (χ3n) is 2.77. The summed E-state index contributed by atoms with van der Waals surface area (Å²) in [6, 6.07) is 7.48. The maximum atomic E-state index is 11.9. The molecule has 0 aliphatic rings. The van der Waals surface area contributed by atoms with E-state index in [4.69, 9.17) is 9.47 Å². The number of amides is 1. The average molecular weight is 248 g/mol. The summed E-state index contributed by atoms with van der Waals surface area (Å²) in [7, 11) is 3.07. The van der Waals surface area contributed by atoms with Gasteiger partial charge in [0, 0.05) is 31.5 Å². The Morgan fingerprint density at radius 2 is 2.11 bits per heavy atom. The highest BCUT2D eigenvalue weighted by atomic mass is 16.7. The van der Waals surface area contributed by atoms with Crippen molar-refractivity contribution in [1.29, 1.82) is 0 Å². The summed E-state index contributed by atoms with van der Waals surface area (Å²) in [5.74, 6) is -0.148. The number of rotatable bonds is 5. The monoisotopic (exact) mass is 248 g/mol. The Bertz CT molecular complexity index is 532. The molecular formula is C13H16N2O3. The van der Waals surface area contributed by atoms with E-state index in [1.54, 1.807) is 6.07 Å². The number of hydrogen-bond donors (Lipinski definition) is 2. The Kier molecular flexibility index (Phi) is 3.96. The molecule has 0 saturated heterocycles. The van der Waals surface area contributed by atoms with E-state index in [1.807, 2.05) is 24.4 Å². The van der Waals surface area contributed by atoms with Crippen LogP contribution in [0.2, 0.25) is 0 Å². The molecule has 2 rings (SSSR count). The van der Waals surface area contributed by atoms with Gasteiger partial charge in [0.25, 0.3) is 5.91 Å². The van der Waals surface area contributed by atoms with Crippen molar-refractivity contribution in [3.63, 3.8) is 0 Å². The molecule has 5 heteroatoms. The normalized spacial score (nSPS) is 11.1. The predicted octanol–water partition coefficient (Wildman–Crippen LogP) is 1.52. The van der Waals surface area contributed by atoms with Crippen molar-refractivity contribution in [2.75, 3.05) is 20.8 Å². The first-order valence-electron chi connectivity index (χ1n) is 5.65. The minimum atomic E-state index is -0.428. The van der Waals surface area contributed by atoms with Gasteiger partial charge in [-0.3, -0.25) is 4.79 Å².